The molecule has 0 radical (unpaired) electrons. The fourth-order valence-corrected chi connectivity index (χ4v) is 2.39. The Bertz CT molecular complexity index is 277. The number of halogens is 1. The first-order valence-electron chi connectivity index (χ1n) is 4.39. The summed E-state index contributed by atoms with van der Waals surface area (Å²) in [6.45, 7) is 4.98. The summed E-state index contributed by atoms with van der Waals surface area (Å²) >= 11 is 0. The quantitative estimate of drug-likeness (QED) is 0.714. The van der Waals surface area contributed by atoms with Crippen molar-refractivity contribution in [3.8, 4) is 0 Å². The van der Waals surface area contributed by atoms with E-state index >= 15 is 0 Å². The summed E-state index contributed by atoms with van der Waals surface area (Å²) in [7, 11) is -3.39. The van der Waals surface area contributed by atoms with Crippen LogP contribution in [0.4, 0.5) is 4.39 Å². The van der Waals surface area contributed by atoms with E-state index in [4.69, 9.17) is 0 Å². The lowest BCUT2D eigenvalue weighted by Gasteiger charge is -2.24. The molecule has 1 fully saturated rings. The molecule has 1 atom stereocenters. The summed E-state index contributed by atoms with van der Waals surface area (Å²) in [4.78, 5) is 0. The van der Waals surface area contributed by atoms with E-state index in [-0.39, 0.29) is 5.25 Å². The second kappa shape index (κ2) is 3.20. The Kier molecular flexibility index (Phi) is 2.69. The smallest absolute Gasteiger partial charge is 0.216 e. The molecule has 1 rings (SSSR count). The summed E-state index contributed by atoms with van der Waals surface area (Å²) in [5.41, 5.74) is -0.679. The minimum Gasteiger partial charge on any atom is -0.229 e. The molecule has 0 spiro atoms. The number of alkyl halides is 1. The van der Waals surface area contributed by atoms with Gasteiger partial charge in [-0.3, -0.25) is 0 Å². The Morgan fingerprint density at radius 1 is 1.38 bits per heavy atom. The van der Waals surface area contributed by atoms with Crippen molar-refractivity contribution in [2.45, 2.75) is 45.2 Å². The molecule has 0 saturated heterocycles. The monoisotopic (exact) mass is 209 g/mol. The maximum absolute atomic E-state index is 13.3. The van der Waals surface area contributed by atoms with Gasteiger partial charge in [0.25, 0.3) is 0 Å². The zero-order valence-corrected chi connectivity index (χ0v) is 8.99. The number of nitrogens with one attached hydrogen (secondary N) is 1. The van der Waals surface area contributed by atoms with Crippen LogP contribution in [0.1, 0.15) is 33.6 Å². The van der Waals surface area contributed by atoms with Crippen LogP contribution in [-0.4, -0.2) is 20.0 Å². The molecule has 3 nitrogen and oxygen atoms in total. The van der Waals surface area contributed by atoms with Gasteiger partial charge >= 0.3 is 0 Å². The van der Waals surface area contributed by atoms with Gasteiger partial charge in [-0.05, 0) is 12.8 Å². The Balaban J connectivity index is 2.58. The standard InChI is InChI=1S/C8H16FNO2S/c1-8(2,3)7(9)10-13(11,12)6-4-5-6/h6-7,10H,4-5H2,1-3H3. The molecule has 0 heterocycles. The highest BCUT2D eigenvalue weighted by Crippen LogP contribution is 2.29. The Labute approximate surface area is 78.8 Å². The molecular formula is C8H16FNO2S. The van der Waals surface area contributed by atoms with E-state index in [1.54, 1.807) is 20.8 Å². The van der Waals surface area contributed by atoms with E-state index in [0.29, 0.717) is 12.8 Å². The predicted molar refractivity (Wildman–Crippen MR) is 49.4 cm³/mol. The molecule has 0 bridgehead atoms. The van der Waals surface area contributed by atoms with E-state index in [0.717, 1.165) is 0 Å². The normalized spacial score (nSPS) is 21.5. The van der Waals surface area contributed by atoms with E-state index in [9.17, 15) is 12.8 Å². The van der Waals surface area contributed by atoms with Gasteiger partial charge in [0.15, 0.2) is 6.30 Å². The Morgan fingerprint density at radius 3 is 2.15 bits per heavy atom. The minimum atomic E-state index is -3.39. The van der Waals surface area contributed by atoms with Crippen LogP contribution in [0.15, 0.2) is 0 Å². The third-order valence-corrected chi connectivity index (χ3v) is 3.88. The number of hydrogen-bond acceptors (Lipinski definition) is 2. The molecule has 1 N–H and O–H groups in total. The molecule has 78 valence electrons. The van der Waals surface area contributed by atoms with Crippen LogP contribution in [0.3, 0.4) is 0 Å². The predicted octanol–water partition coefficient (Wildman–Crippen LogP) is 1.41. The van der Waals surface area contributed by atoms with Gasteiger partial charge in [-0.25, -0.2) is 12.8 Å². The summed E-state index contributed by atoms with van der Waals surface area (Å²) in [5, 5.41) is -0.354. The van der Waals surface area contributed by atoms with Gasteiger partial charge in [0, 0.05) is 5.41 Å². The van der Waals surface area contributed by atoms with Gasteiger partial charge in [0.1, 0.15) is 0 Å². The van der Waals surface area contributed by atoms with Crippen molar-refractivity contribution in [1.29, 1.82) is 0 Å². The number of rotatable bonds is 3. The van der Waals surface area contributed by atoms with Crippen molar-refractivity contribution in [2.24, 2.45) is 5.41 Å². The van der Waals surface area contributed by atoms with Crippen LogP contribution in [0.2, 0.25) is 0 Å². The van der Waals surface area contributed by atoms with Crippen LogP contribution in [0.5, 0.6) is 0 Å². The molecule has 0 amide bonds. The van der Waals surface area contributed by atoms with E-state index in [2.05, 4.69) is 4.72 Å². The largest absolute Gasteiger partial charge is 0.229 e. The maximum atomic E-state index is 13.3. The summed E-state index contributed by atoms with van der Waals surface area (Å²) in [6, 6.07) is 0. The highest BCUT2D eigenvalue weighted by Gasteiger charge is 2.39. The first-order chi connectivity index (χ1) is 5.73. The highest BCUT2D eigenvalue weighted by atomic mass is 32.2. The van der Waals surface area contributed by atoms with E-state index in [1.807, 2.05) is 0 Å². The van der Waals surface area contributed by atoms with Crippen molar-refractivity contribution >= 4 is 10.0 Å². The second-order valence-corrected chi connectivity index (χ2v) is 6.58. The fourth-order valence-electron chi connectivity index (χ4n) is 0.796. The zero-order valence-electron chi connectivity index (χ0n) is 8.17. The fraction of sp³-hybridized carbons (Fsp3) is 1.00. The van der Waals surface area contributed by atoms with Gasteiger partial charge in [0.2, 0.25) is 10.0 Å². The van der Waals surface area contributed by atoms with Crippen molar-refractivity contribution < 1.29 is 12.8 Å². The Hall–Kier alpha value is -0.160. The molecule has 1 aliphatic carbocycles. The van der Waals surface area contributed by atoms with Gasteiger partial charge < -0.3 is 0 Å². The number of sulfonamides is 1. The first-order valence-corrected chi connectivity index (χ1v) is 5.93. The molecule has 0 aliphatic heterocycles. The van der Waals surface area contributed by atoms with E-state index < -0.39 is 21.7 Å². The highest BCUT2D eigenvalue weighted by molar-refractivity contribution is 7.90. The average molecular weight is 209 g/mol. The molecule has 0 aromatic carbocycles. The first kappa shape index (κ1) is 10.9. The molecule has 1 aliphatic rings. The third kappa shape index (κ3) is 2.91. The van der Waals surface area contributed by atoms with Crippen LogP contribution in [-0.2, 0) is 10.0 Å². The molecule has 0 aromatic heterocycles. The molecule has 1 saturated carbocycles. The maximum Gasteiger partial charge on any atom is 0.216 e. The summed E-state index contributed by atoms with van der Waals surface area (Å²) in [6.07, 6.45) is -0.184. The van der Waals surface area contributed by atoms with Crippen molar-refractivity contribution in [3.63, 3.8) is 0 Å². The molecule has 5 heteroatoms. The lowest BCUT2D eigenvalue weighted by molar-refractivity contribution is 0.151. The molecule has 1 unspecified atom stereocenters. The van der Waals surface area contributed by atoms with Crippen molar-refractivity contribution in [1.82, 2.24) is 4.72 Å². The molecule has 0 aromatic rings. The lowest BCUT2D eigenvalue weighted by Crippen LogP contribution is -2.41. The lowest BCUT2D eigenvalue weighted by atomic mass is 9.96. The van der Waals surface area contributed by atoms with E-state index in [1.165, 1.54) is 0 Å². The third-order valence-electron chi connectivity index (χ3n) is 1.99. The molecule has 13 heavy (non-hydrogen) atoms. The van der Waals surface area contributed by atoms with Crippen molar-refractivity contribution in [2.75, 3.05) is 0 Å². The minimum absolute atomic E-state index is 0.354. The van der Waals surface area contributed by atoms with Crippen LogP contribution in [0, 0.1) is 5.41 Å². The SMILES string of the molecule is CC(C)(C)C(F)NS(=O)(=O)C1CC1. The van der Waals surface area contributed by atoms with Gasteiger partial charge in [0.05, 0.1) is 5.25 Å². The average Bonchev–Trinajstić information content (AvgIpc) is 2.62. The Morgan fingerprint density at radius 2 is 1.85 bits per heavy atom. The molecular weight excluding hydrogens is 193 g/mol. The van der Waals surface area contributed by atoms with Gasteiger partial charge in [-0.1, -0.05) is 20.8 Å². The van der Waals surface area contributed by atoms with Gasteiger partial charge in [-0.15, -0.1) is 0 Å². The topological polar surface area (TPSA) is 46.2 Å². The van der Waals surface area contributed by atoms with Crippen LogP contribution in [0.25, 0.3) is 0 Å². The summed E-state index contributed by atoms with van der Waals surface area (Å²) < 4.78 is 38.0. The second-order valence-electron chi connectivity index (χ2n) is 4.59. The van der Waals surface area contributed by atoms with Gasteiger partial charge in [-0.2, -0.15) is 4.72 Å². The number of hydrogen-bond donors (Lipinski definition) is 1. The van der Waals surface area contributed by atoms with Crippen LogP contribution >= 0.6 is 0 Å². The van der Waals surface area contributed by atoms with Crippen molar-refractivity contribution in [3.05, 3.63) is 0 Å². The van der Waals surface area contributed by atoms with Crippen LogP contribution < -0.4 is 4.72 Å². The zero-order chi connectivity index (χ0) is 10.3. The summed E-state index contributed by atoms with van der Waals surface area (Å²) in [5.74, 6) is 0.